The molecule has 0 bridgehead atoms. The number of hydrogen-bond donors (Lipinski definition) is 2. The van der Waals surface area contributed by atoms with Gasteiger partial charge in [0, 0.05) is 17.5 Å². The van der Waals surface area contributed by atoms with E-state index >= 15 is 0 Å². The van der Waals surface area contributed by atoms with Crippen LogP contribution in [0.2, 0.25) is 0 Å². The van der Waals surface area contributed by atoms with Crippen LogP contribution in [-0.4, -0.2) is 22.9 Å². The van der Waals surface area contributed by atoms with E-state index < -0.39 is 0 Å². The zero-order chi connectivity index (χ0) is 13.1. The lowest BCUT2D eigenvalue weighted by molar-refractivity contribution is 0.0947. The van der Waals surface area contributed by atoms with Crippen molar-refractivity contribution in [1.29, 1.82) is 0 Å². The predicted octanol–water partition coefficient (Wildman–Crippen LogP) is 2.84. The summed E-state index contributed by atoms with van der Waals surface area (Å²) >= 11 is 6.18. The molecule has 0 aromatic heterocycles. The number of hydrogen-bond acceptors (Lipinski definition) is 2. The van der Waals surface area contributed by atoms with E-state index in [0.717, 1.165) is 24.8 Å². The van der Waals surface area contributed by atoms with Crippen molar-refractivity contribution in [2.45, 2.75) is 31.6 Å². The molecule has 0 radical (unpaired) electrons. The molecule has 1 aliphatic rings. The number of nitrogens with one attached hydrogen (secondary N) is 1. The van der Waals surface area contributed by atoms with Gasteiger partial charge in [0.05, 0.1) is 0 Å². The lowest BCUT2D eigenvalue weighted by Crippen LogP contribution is -2.31. The van der Waals surface area contributed by atoms with Crippen LogP contribution in [0.15, 0.2) is 18.2 Å². The number of aryl methyl sites for hydroxylation is 1. The smallest absolute Gasteiger partial charge is 0.251 e. The highest BCUT2D eigenvalue weighted by Gasteiger charge is 2.25. The maximum Gasteiger partial charge on any atom is 0.251 e. The fourth-order valence-corrected chi connectivity index (χ4v) is 2.81. The van der Waals surface area contributed by atoms with E-state index in [1.165, 1.54) is 6.07 Å². The van der Waals surface area contributed by atoms with Gasteiger partial charge in [-0.1, -0.05) is 6.42 Å². The Morgan fingerprint density at radius 3 is 2.89 bits per heavy atom. The number of phenols is 1. The molecule has 0 heterocycles. The largest absolute Gasteiger partial charge is 0.508 e. The van der Waals surface area contributed by atoms with Crippen molar-refractivity contribution in [3.8, 4) is 5.75 Å². The average molecular weight is 268 g/mol. The van der Waals surface area contributed by atoms with Gasteiger partial charge in [-0.05, 0) is 49.4 Å². The molecule has 1 aromatic carbocycles. The summed E-state index contributed by atoms with van der Waals surface area (Å²) < 4.78 is 0. The van der Waals surface area contributed by atoms with E-state index in [0.29, 0.717) is 18.0 Å². The molecule has 2 unspecified atom stereocenters. The monoisotopic (exact) mass is 267 g/mol. The van der Waals surface area contributed by atoms with E-state index in [2.05, 4.69) is 5.32 Å². The van der Waals surface area contributed by atoms with Crippen LogP contribution in [0.25, 0.3) is 0 Å². The second kappa shape index (κ2) is 5.61. The minimum absolute atomic E-state index is 0.0942. The van der Waals surface area contributed by atoms with Gasteiger partial charge in [-0.2, -0.15) is 0 Å². The number of phenolic OH excluding ortho intramolecular Hbond substituents is 1. The Bertz CT molecular complexity index is 447. The molecule has 1 amide bonds. The highest BCUT2D eigenvalue weighted by Crippen LogP contribution is 2.29. The summed E-state index contributed by atoms with van der Waals surface area (Å²) in [7, 11) is 0. The molecule has 1 saturated carbocycles. The number of carbonyl (C=O) groups is 1. The van der Waals surface area contributed by atoms with E-state index in [9.17, 15) is 9.90 Å². The van der Waals surface area contributed by atoms with E-state index in [1.807, 2.05) is 6.92 Å². The van der Waals surface area contributed by atoms with Crippen molar-refractivity contribution in [1.82, 2.24) is 5.32 Å². The Morgan fingerprint density at radius 2 is 2.28 bits per heavy atom. The minimum atomic E-state index is -0.0942. The molecular weight excluding hydrogens is 250 g/mol. The predicted molar refractivity (Wildman–Crippen MR) is 72.2 cm³/mol. The van der Waals surface area contributed by atoms with Crippen molar-refractivity contribution in [2.24, 2.45) is 5.92 Å². The molecule has 0 spiro atoms. The third-order valence-electron chi connectivity index (χ3n) is 3.55. The van der Waals surface area contributed by atoms with E-state index in [1.54, 1.807) is 12.1 Å². The van der Waals surface area contributed by atoms with Crippen molar-refractivity contribution in [3.63, 3.8) is 0 Å². The molecule has 0 aliphatic heterocycles. The van der Waals surface area contributed by atoms with E-state index in [-0.39, 0.29) is 17.0 Å². The van der Waals surface area contributed by atoms with Gasteiger partial charge in [0.15, 0.2) is 0 Å². The number of benzene rings is 1. The van der Waals surface area contributed by atoms with Gasteiger partial charge in [0.2, 0.25) is 0 Å². The SMILES string of the molecule is Cc1cc(O)ccc1C(=O)NCC1CCCC1Cl. The van der Waals surface area contributed by atoms with Gasteiger partial charge in [0.25, 0.3) is 5.91 Å². The fraction of sp³-hybridized carbons (Fsp3) is 0.500. The number of alkyl halides is 1. The number of carbonyl (C=O) groups excluding carboxylic acids is 1. The van der Waals surface area contributed by atoms with Crippen LogP contribution in [0.1, 0.15) is 35.2 Å². The van der Waals surface area contributed by atoms with Gasteiger partial charge in [0.1, 0.15) is 5.75 Å². The van der Waals surface area contributed by atoms with Gasteiger partial charge in [-0.15, -0.1) is 11.6 Å². The Morgan fingerprint density at radius 1 is 1.50 bits per heavy atom. The molecule has 1 fully saturated rings. The first-order chi connectivity index (χ1) is 8.58. The van der Waals surface area contributed by atoms with Gasteiger partial charge in [-0.3, -0.25) is 4.79 Å². The number of aromatic hydroxyl groups is 1. The van der Waals surface area contributed by atoms with E-state index in [4.69, 9.17) is 11.6 Å². The van der Waals surface area contributed by atoms with Crippen molar-refractivity contribution in [2.75, 3.05) is 6.54 Å². The van der Waals surface area contributed by atoms with Crippen molar-refractivity contribution >= 4 is 17.5 Å². The zero-order valence-electron chi connectivity index (χ0n) is 10.4. The highest BCUT2D eigenvalue weighted by molar-refractivity contribution is 6.21. The second-order valence-electron chi connectivity index (χ2n) is 4.92. The summed E-state index contributed by atoms with van der Waals surface area (Å²) in [6, 6.07) is 4.77. The molecule has 0 saturated heterocycles. The summed E-state index contributed by atoms with van der Waals surface area (Å²) in [6.07, 6.45) is 3.27. The molecule has 3 nitrogen and oxygen atoms in total. The summed E-state index contributed by atoms with van der Waals surface area (Å²) in [5.74, 6) is 0.469. The van der Waals surface area contributed by atoms with Crippen LogP contribution >= 0.6 is 11.6 Å². The molecule has 4 heteroatoms. The Labute approximate surface area is 112 Å². The molecule has 2 rings (SSSR count). The first kappa shape index (κ1) is 13.2. The molecule has 1 aliphatic carbocycles. The summed E-state index contributed by atoms with van der Waals surface area (Å²) in [5, 5.41) is 12.4. The second-order valence-corrected chi connectivity index (χ2v) is 5.48. The number of rotatable bonds is 3. The van der Waals surface area contributed by atoms with Crippen LogP contribution in [-0.2, 0) is 0 Å². The third kappa shape index (κ3) is 2.96. The quantitative estimate of drug-likeness (QED) is 0.828. The minimum Gasteiger partial charge on any atom is -0.508 e. The molecule has 2 N–H and O–H groups in total. The topological polar surface area (TPSA) is 49.3 Å². The van der Waals surface area contributed by atoms with Crippen LogP contribution in [0.4, 0.5) is 0 Å². The summed E-state index contributed by atoms with van der Waals surface area (Å²) in [4.78, 5) is 12.0. The Hall–Kier alpha value is -1.22. The number of amides is 1. The lowest BCUT2D eigenvalue weighted by Gasteiger charge is -2.15. The highest BCUT2D eigenvalue weighted by atomic mass is 35.5. The van der Waals surface area contributed by atoms with Crippen molar-refractivity contribution < 1.29 is 9.90 Å². The molecule has 1 aromatic rings. The van der Waals surface area contributed by atoms with Gasteiger partial charge in [-0.25, -0.2) is 0 Å². The first-order valence-electron chi connectivity index (χ1n) is 6.30. The fourth-order valence-electron chi connectivity index (χ4n) is 2.44. The maximum absolute atomic E-state index is 12.0. The Kier molecular flexibility index (Phi) is 4.12. The first-order valence-corrected chi connectivity index (χ1v) is 6.73. The normalized spacial score (nSPS) is 23.0. The van der Waals surface area contributed by atoms with Gasteiger partial charge < -0.3 is 10.4 Å². The molecule has 98 valence electrons. The standard InChI is InChI=1S/C14H18ClNO2/c1-9-7-11(17)5-6-12(9)14(18)16-8-10-3-2-4-13(10)15/h5-7,10,13,17H,2-4,8H2,1H3,(H,16,18). The lowest BCUT2D eigenvalue weighted by atomic mass is 10.1. The zero-order valence-corrected chi connectivity index (χ0v) is 11.2. The Balaban J connectivity index is 1.95. The summed E-state index contributed by atoms with van der Waals surface area (Å²) in [5.41, 5.74) is 1.39. The summed E-state index contributed by atoms with van der Waals surface area (Å²) in [6.45, 7) is 2.45. The molecule has 18 heavy (non-hydrogen) atoms. The van der Waals surface area contributed by atoms with Crippen LogP contribution in [0.5, 0.6) is 5.75 Å². The molecule has 2 atom stereocenters. The average Bonchev–Trinajstić information content (AvgIpc) is 2.72. The van der Waals surface area contributed by atoms with Crippen LogP contribution < -0.4 is 5.32 Å². The van der Waals surface area contributed by atoms with Crippen molar-refractivity contribution in [3.05, 3.63) is 29.3 Å². The van der Waals surface area contributed by atoms with Crippen LogP contribution in [0, 0.1) is 12.8 Å². The third-order valence-corrected chi connectivity index (χ3v) is 4.12. The maximum atomic E-state index is 12.0. The van der Waals surface area contributed by atoms with Gasteiger partial charge >= 0.3 is 0 Å². The molecular formula is C14H18ClNO2. The van der Waals surface area contributed by atoms with Crippen LogP contribution in [0.3, 0.4) is 0 Å². The number of halogens is 1.